The second-order valence-electron chi connectivity index (χ2n) is 3.86. The second-order valence-corrected chi connectivity index (χ2v) is 3.86. The minimum Gasteiger partial charge on any atom is -0.491 e. The standard InChI is InChI=1S/C13H21NO/c1-3-12-7-4-8-13(10-12)15-11(2)6-5-9-14/h4,7-8,10-11H,3,5-6,9,14H2,1-2H3. The summed E-state index contributed by atoms with van der Waals surface area (Å²) in [5.74, 6) is 0.971. The molecule has 0 aliphatic rings. The van der Waals surface area contributed by atoms with Gasteiger partial charge in [0.15, 0.2) is 0 Å². The zero-order chi connectivity index (χ0) is 11.1. The predicted molar refractivity (Wildman–Crippen MR) is 64.2 cm³/mol. The lowest BCUT2D eigenvalue weighted by Crippen LogP contribution is -2.13. The van der Waals surface area contributed by atoms with Crippen molar-refractivity contribution in [3.63, 3.8) is 0 Å². The predicted octanol–water partition coefficient (Wildman–Crippen LogP) is 2.76. The van der Waals surface area contributed by atoms with E-state index >= 15 is 0 Å². The van der Waals surface area contributed by atoms with E-state index in [1.165, 1.54) is 5.56 Å². The Morgan fingerprint density at radius 1 is 1.40 bits per heavy atom. The molecule has 0 bridgehead atoms. The van der Waals surface area contributed by atoms with Gasteiger partial charge in [0.2, 0.25) is 0 Å². The van der Waals surface area contributed by atoms with E-state index < -0.39 is 0 Å². The number of rotatable bonds is 6. The number of benzene rings is 1. The fourth-order valence-electron chi connectivity index (χ4n) is 1.54. The van der Waals surface area contributed by atoms with Gasteiger partial charge in [-0.15, -0.1) is 0 Å². The van der Waals surface area contributed by atoms with Gasteiger partial charge < -0.3 is 10.5 Å². The third kappa shape index (κ3) is 4.34. The van der Waals surface area contributed by atoms with Crippen molar-refractivity contribution in [1.29, 1.82) is 0 Å². The summed E-state index contributed by atoms with van der Waals surface area (Å²) >= 11 is 0. The molecule has 1 rings (SSSR count). The van der Waals surface area contributed by atoms with Gasteiger partial charge in [-0.05, 0) is 50.4 Å². The molecule has 84 valence electrons. The molecular weight excluding hydrogens is 186 g/mol. The molecule has 0 heterocycles. The first-order valence-electron chi connectivity index (χ1n) is 5.72. The fraction of sp³-hybridized carbons (Fsp3) is 0.538. The number of ether oxygens (including phenoxy) is 1. The van der Waals surface area contributed by atoms with Crippen LogP contribution in [0.2, 0.25) is 0 Å². The Hall–Kier alpha value is -1.02. The van der Waals surface area contributed by atoms with Crippen molar-refractivity contribution in [3.05, 3.63) is 29.8 Å². The molecule has 1 unspecified atom stereocenters. The van der Waals surface area contributed by atoms with Crippen molar-refractivity contribution in [2.45, 2.75) is 39.2 Å². The molecule has 1 atom stereocenters. The Balaban J connectivity index is 2.48. The number of aryl methyl sites for hydroxylation is 1. The SMILES string of the molecule is CCc1cccc(OC(C)CCCN)c1. The van der Waals surface area contributed by atoms with Crippen molar-refractivity contribution in [2.75, 3.05) is 6.54 Å². The van der Waals surface area contributed by atoms with Gasteiger partial charge in [-0.2, -0.15) is 0 Å². The first-order valence-corrected chi connectivity index (χ1v) is 5.72. The quantitative estimate of drug-likeness (QED) is 0.778. The summed E-state index contributed by atoms with van der Waals surface area (Å²) in [4.78, 5) is 0. The van der Waals surface area contributed by atoms with E-state index in [1.807, 2.05) is 12.1 Å². The molecule has 0 aliphatic heterocycles. The Morgan fingerprint density at radius 3 is 2.87 bits per heavy atom. The molecule has 0 amide bonds. The van der Waals surface area contributed by atoms with Crippen molar-refractivity contribution in [3.8, 4) is 5.75 Å². The zero-order valence-corrected chi connectivity index (χ0v) is 9.70. The highest BCUT2D eigenvalue weighted by Gasteiger charge is 2.03. The molecule has 0 aromatic heterocycles. The Kier molecular flexibility index (Phi) is 5.19. The normalized spacial score (nSPS) is 12.5. The Morgan fingerprint density at radius 2 is 2.20 bits per heavy atom. The van der Waals surface area contributed by atoms with Gasteiger partial charge in [0.25, 0.3) is 0 Å². The molecule has 2 nitrogen and oxygen atoms in total. The number of nitrogens with two attached hydrogens (primary N) is 1. The molecule has 0 saturated carbocycles. The van der Waals surface area contributed by atoms with Crippen LogP contribution in [-0.4, -0.2) is 12.6 Å². The van der Waals surface area contributed by atoms with E-state index in [9.17, 15) is 0 Å². The highest BCUT2D eigenvalue weighted by molar-refractivity contribution is 5.28. The summed E-state index contributed by atoms with van der Waals surface area (Å²) in [6.07, 6.45) is 3.34. The smallest absolute Gasteiger partial charge is 0.119 e. The molecule has 1 aromatic carbocycles. The molecule has 0 fully saturated rings. The van der Waals surface area contributed by atoms with Crippen molar-refractivity contribution < 1.29 is 4.74 Å². The third-order valence-electron chi connectivity index (χ3n) is 2.46. The highest BCUT2D eigenvalue weighted by Crippen LogP contribution is 2.16. The lowest BCUT2D eigenvalue weighted by atomic mass is 10.1. The average molecular weight is 207 g/mol. The van der Waals surface area contributed by atoms with Crippen LogP contribution in [0.5, 0.6) is 5.75 Å². The molecular formula is C13H21NO. The molecule has 0 saturated heterocycles. The average Bonchev–Trinajstić information content (AvgIpc) is 2.26. The van der Waals surface area contributed by atoms with Crippen LogP contribution in [0.25, 0.3) is 0 Å². The van der Waals surface area contributed by atoms with Gasteiger partial charge in [-0.1, -0.05) is 19.1 Å². The molecule has 1 aromatic rings. The fourth-order valence-corrected chi connectivity index (χ4v) is 1.54. The zero-order valence-electron chi connectivity index (χ0n) is 9.70. The highest BCUT2D eigenvalue weighted by atomic mass is 16.5. The third-order valence-corrected chi connectivity index (χ3v) is 2.46. The lowest BCUT2D eigenvalue weighted by Gasteiger charge is -2.14. The maximum Gasteiger partial charge on any atom is 0.119 e. The number of hydrogen-bond acceptors (Lipinski definition) is 2. The van der Waals surface area contributed by atoms with E-state index in [1.54, 1.807) is 0 Å². The van der Waals surface area contributed by atoms with Gasteiger partial charge in [-0.25, -0.2) is 0 Å². The van der Waals surface area contributed by atoms with E-state index in [4.69, 9.17) is 10.5 Å². The van der Waals surface area contributed by atoms with Gasteiger partial charge in [0.1, 0.15) is 5.75 Å². The van der Waals surface area contributed by atoms with Crippen molar-refractivity contribution in [1.82, 2.24) is 0 Å². The van der Waals surface area contributed by atoms with E-state index in [0.717, 1.165) is 31.6 Å². The van der Waals surface area contributed by atoms with Crippen LogP contribution in [0.3, 0.4) is 0 Å². The van der Waals surface area contributed by atoms with Gasteiger partial charge >= 0.3 is 0 Å². The van der Waals surface area contributed by atoms with Crippen LogP contribution in [0.1, 0.15) is 32.3 Å². The van der Waals surface area contributed by atoms with Gasteiger partial charge in [0, 0.05) is 0 Å². The summed E-state index contributed by atoms with van der Waals surface area (Å²) in [5, 5.41) is 0. The van der Waals surface area contributed by atoms with Crippen LogP contribution >= 0.6 is 0 Å². The van der Waals surface area contributed by atoms with Crippen molar-refractivity contribution >= 4 is 0 Å². The number of hydrogen-bond donors (Lipinski definition) is 1. The summed E-state index contributed by atoms with van der Waals surface area (Å²) in [6.45, 7) is 4.98. The minimum atomic E-state index is 0.251. The van der Waals surface area contributed by atoms with Crippen LogP contribution in [0.15, 0.2) is 24.3 Å². The first kappa shape index (κ1) is 12.1. The summed E-state index contributed by atoms with van der Waals surface area (Å²) in [5.41, 5.74) is 6.78. The molecule has 2 heteroatoms. The molecule has 0 spiro atoms. The van der Waals surface area contributed by atoms with Crippen LogP contribution < -0.4 is 10.5 Å². The van der Waals surface area contributed by atoms with E-state index in [2.05, 4.69) is 26.0 Å². The van der Waals surface area contributed by atoms with Gasteiger partial charge in [0.05, 0.1) is 6.10 Å². The Labute approximate surface area is 92.4 Å². The molecule has 2 N–H and O–H groups in total. The maximum absolute atomic E-state index is 5.80. The van der Waals surface area contributed by atoms with E-state index in [-0.39, 0.29) is 6.10 Å². The molecule has 0 aliphatic carbocycles. The lowest BCUT2D eigenvalue weighted by molar-refractivity contribution is 0.208. The van der Waals surface area contributed by atoms with Crippen LogP contribution in [0, 0.1) is 0 Å². The topological polar surface area (TPSA) is 35.2 Å². The maximum atomic E-state index is 5.80. The van der Waals surface area contributed by atoms with Crippen molar-refractivity contribution in [2.24, 2.45) is 5.73 Å². The summed E-state index contributed by atoms with van der Waals surface area (Å²) < 4.78 is 5.80. The second kappa shape index (κ2) is 6.46. The van der Waals surface area contributed by atoms with Crippen LogP contribution in [0.4, 0.5) is 0 Å². The Bertz CT molecular complexity index is 286. The summed E-state index contributed by atoms with van der Waals surface area (Å²) in [7, 11) is 0. The first-order chi connectivity index (χ1) is 7.26. The monoisotopic (exact) mass is 207 g/mol. The minimum absolute atomic E-state index is 0.251. The van der Waals surface area contributed by atoms with E-state index in [0.29, 0.717) is 0 Å². The largest absolute Gasteiger partial charge is 0.491 e. The molecule has 15 heavy (non-hydrogen) atoms. The van der Waals surface area contributed by atoms with Gasteiger partial charge in [-0.3, -0.25) is 0 Å². The molecule has 0 radical (unpaired) electrons. The van der Waals surface area contributed by atoms with Crippen LogP contribution in [-0.2, 0) is 6.42 Å². The summed E-state index contributed by atoms with van der Waals surface area (Å²) in [6, 6.07) is 8.29.